The monoisotopic (exact) mass is 310 g/mol. The van der Waals surface area contributed by atoms with E-state index in [2.05, 4.69) is 21.1 Å². The fraction of sp³-hybridized carbons (Fsp3) is 0.571. The van der Waals surface area contributed by atoms with E-state index in [4.69, 9.17) is 0 Å². The molecule has 116 valence electrons. The van der Waals surface area contributed by atoms with Crippen molar-refractivity contribution in [1.82, 2.24) is 21.1 Å². The Morgan fingerprint density at radius 2 is 2.33 bits per heavy atom. The Balaban J connectivity index is 1.76. The molecule has 6 nitrogen and oxygen atoms in total. The van der Waals surface area contributed by atoms with Crippen LogP contribution in [0.2, 0.25) is 0 Å². The van der Waals surface area contributed by atoms with Gasteiger partial charge in [0.2, 0.25) is 0 Å². The molecule has 3 N–H and O–H groups in total. The van der Waals surface area contributed by atoms with E-state index < -0.39 is 0 Å². The third kappa shape index (κ3) is 4.80. The van der Waals surface area contributed by atoms with Crippen molar-refractivity contribution in [1.29, 1.82) is 0 Å². The third-order valence-corrected chi connectivity index (χ3v) is 4.47. The molecule has 0 aliphatic carbocycles. The zero-order chi connectivity index (χ0) is 15.1. The second-order valence-electron chi connectivity index (χ2n) is 5.04. The van der Waals surface area contributed by atoms with Crippen LogP contribution in [0.1, 0.15) is 29.4 Å². The van der Waals surface area contributed by atoms with Crippen LogP contribution in [0.3, 0.4) is 0 Å². The number of nitrogens with one attached hydrogen (secondary N) is 3. The van der Waals surface area contributed by atoms with E-state index in [1.165, 1.54) is 11.3 Å². The highest BCUT2D eigenvalue weighted by Gasteiger charge is 2.21. The van der Waals surface area contributed by atoms with E-state index >= 15 is 0 Å². The smallest absolute Gasteiger partial charge is 0.279 e. The highest BCUT2D eigenvalue weighted by atomic mass is 32.1. The van der Waals surface area contributed by atoms with Crippen molar-refractivity contribution >= 4 is 23.2 Å². The van der Waals surface area contributed by atoms with Crippen molar-refractivity contribution in [2.24, 2.45) is 0 Å². The molecule has 21 heavy (non-hydrogen) atoms. The minimum Gasteiger partial charge on any atom is -0.315 e. The van der Waals surface area contributed by atoms with E-state index in [0.717, 1.165) is 32.5 Å². The number of nitrogens with zero attached hydrogens (tertiary/aromatic N) is 1. The first kappa shape index (κ1) is 15.9. The number of likely N-dealkylation sites (N-methyl/N-ethyl adjacent to an activating group) is 1. The predicted octanol–water partition coefficient (Wildman–Crippen LogP) is 0.583. The highest BCUT2D eigenvalue weighted by Crippen LogP contribution is 2.09. The molecular formula is C14H22N4O2S. The number of hydrazine groups is 1. The van der Waals surface area contributed by atoms with Crippen molar-refractivity contribution in [2.45, 2.75) is 25.8 Å². The lowest BCUT2D eigenvalue weighted by Gasteiger charge is -2.33. The lowest BCUT2D eigenvalue weighted by atomic mass is 10.1. The van der Waals surface area contributed by atoms with Gasteiger partial charge < -0.3 is 5.32 Å². The summed E-state index contributed by atoms with van der Waals surface area (Å²) >= 11 is 1.34. The van der Waals surface area contributed by atoms with E-state index in [1.807, 2.05) is 12.3 Å². The second-order valence-corrected chi connectivity index (χ2v) is 5.99. The summed E-state index contributed by atoms with van der Waals surface area (Å²) in [6.07, 6.45) is 2.24. The zero-order valence-electron chi connectivity index (χ0n) is 12.2. The Labute approximate surface area is 128 Å². The summed E-state index contributed by atoms with van der Waals surface area (Å²) < 4.78 is 0. The van der Waals surface area contributed by atoms with E-state index in [-0.39, 0.29) is 11.8 Å². The fourth-order valence-corrected chi connectivity index (χ4v) is 3.08. The molecule has 2 amide bonds. The van der Waals surface area contributed by atoms with E-state index in [9.17, 15) is 9.59 Å². The standard InChI is InChI=1S/C14H22N4O2S/c1-2-18(11-5-3-7-15-9-11)10-13(19)16-17-14(20)12-6-4-8-21-12/h4,6,8,11,15H,2-3,5,7,9-10H2,1H3,(H,16,19)(H,17,20). The largest absolute Gasteiger partial charge is 0.315 e. The SMILES string of the molecule is CCN(CC(=O)NNC(=O)c1cccs1)C1CCCNC1. The average molecular weight is 310 g/mol. The minimum absolute atomic E-state index is 0.188. The molecule has 1 aromatic rings. The molecular weight excluding hydrogens is 288 g/mol. The van der Waals surface area contributed by atoms with Gasteiger partial charge in [0, 0.05) is 12.6 Å². The lowest BCUT2D eigenvalue weighted by molar-refractivity contribution is -0.123. The molecule has 1 aliphatic rings. The number of amides is 2. The third-order valence-electron chi connectivity index (χ3n) is 3.60. The maximum absolute atomic E-state index is 11.9. The van der Waals surface area contributed by atoms with Crippen molar-refractivity contribution in [2.75, 3.05) is 26.2 Å². The molecule has 1 aromatic heterocycles. The molecule has 1 unspecified atom stereocenters. The van der Waals surface area contributed by atoms with Crippen LogP contribution in [0.4, 0.5) is 0 Å². The van der Waals surface area contributed by atoms with Gasteiger partial charge in [0.1, 0.15) is 0 Å². The first-order valence-electron chi connectivity index (χ1n) is 7.28. The van der Waals surface area contributed by atoms with Crippen molar-refractivity contribution in [3.05, 3.63) is 22.4 Å². The van der Waals surface area contributed by atoms with Crippen molar-refractivity contribution in [3.8, 4) is 0 Å². The first-order chi connectivity index (χ1) is 10.2. The number of carbonyl (C=O) groups is 2. The lowest BCUT2D eigenvalue weighted by Crippen LogP contribution is -2.51. The van der Waals surface area contributed by atoms with E-state index in [1.54, 1.807) is 12.1 Å². The molecule has 1 saturated heterocycles. The van der Waals surface area contributed by atoms with Crippen LogP contribution in [0.5, 0.6) is 0 Å². The summed E-state index contributed by atoms with van der Waals surface area (Å²) in [5.74, 6) is -0.465. The van der Waals surface area contributed by atoms with Gasteiger partial charge in [0.25, 0.3) is 11.8 Å². The Morgan fingerprint density at radius 1 is 1.48 bits per heavy atom. The van der Waals surface area contributed by atoms with Gasteiger partial charge in [0.05, 0.1) is 11.4 Å². The molecule has 0 spiro atoms. The average Bonchev–Trinajstić information content (AvgIpc) is 3.05. The molecule has 0 radical (unpaired) electrons. The van der Waals surface area contributed by atoms with Gasteiger partial charge in [-0.1, -0.05) is 13.0 Å². The van der Waals surface area contributed by atoms with Gasteiger partial charge >= 0.3 is 0 Å². The summed E-state index contributed by atoms with van der Waals surface area (Å²) in [4.78, 5) is 26.4. The summed E-state index contributed by atoms with van der Waals surface area (Å²) in [7, 11) is 0. The number of rotatable bonds is 5. The molecule has 0 bridgehead atoms. The topological polar surface area (TPSA) is 73.5 Å². The number of hydrogen-bond donors (Lipinski definition) is 3. The maximum Gasteiger partial charge on any atom is 0.279 e. The molecule has 1 fully saturated rings. The van der Waals surface area contributed by atoms with Crippen LogP contribution in [0, 0.1) is 0 Å². The Hall–Kier alpha value is -1.44. The van der Waals surface area contributed by atoms with Gasteiger partial charge in [-0.05, 0) is 37.4 Å². The van der Waals surface area contributed by atoms with Crippen LogP contribution in [-0.4, -0.2) is 48.9 Å². The molecule has 0 saturated carbocycles. The van der Waals surface area contributed by atoms with Gasteiger partial charge in [0.15, 0.2) is 0 Å². The van der Waals surface area contributed by atoms with Crippen LogP contribution in [-0.2, 0) is 4.79 Å². The molecule has 0 aromatic carbocycles. The first-order valence-corrected chi connectivity index (χ1v) is 8.16. The van der Waals surface area contributed by atoms with Crippen molar-refractivity contribution in [3.63, 3.8) is 0 Å². The number of hydrogen-bond acceptors (Lipinski definition) is 5. The predicted molar refractivity (Wildman–Crippen MR) is 83.1 cm³/mol. The zero-order valence-corrected chi connectivity index (χ0v) is 13.0. The van der Waals surface area contributed by atoms with Gasteiger partial charge in [-0.2, -0.15) is 0 Å². The summed E-state index contributed by atoms with van der Waals surface area (Å²) in [5, 5.41) is 5.17. The van der Waals surface area contributed by atoms with Gasteiger partial charge in [-0.25, -0.2) is 0 Å². The van der Waals surface area contributed by atoms with Crippen LogP contribution >= 0.6 is 11.3 Å². The quantitative estimate of drug-likeness (QED) is 0.696. The van der Waals surface area contributed by atoms with Crippen molar-refractivity contribution < 1.29 is 9.59 Å². The Bertz CT molecular complexity index is 458. The summed E-state index contributed by atoms with van der Waals surface area (Å²) in [5.41, 5.74) is 4.93. The van der Waals surface area contributed by atoms with Gasteiger partial charge in [-0.3, -0.25) is 25.3 Å². The van der Waals surface area contributed by atoms with Crippen LogP contribution in [0.15, 0.2) is 17.5 Å². The van der Waals surface area contributed by atoms with Gasteiger partial charge in [-0.15, -0.1) is 11.3 Å². The molecule has 1 aliphatic heterocycles. The number of thiophene rings is 1. The second kappa shape index (κ2) is 8.11. The summed E-state index contributed by atoms with van der Waals surface area (Å²) in [6, 6.07) is 3.91. The van der Waals surface area contributed by atoms with Crippen LogP contribution < -0.4 is 16.2 Å². The number of carbonyl (C=O) groups excluding carboxylic acids is 2. The Kier molecular flexibility index (Phi) is 6.16. The maximum atomic E-state index is 11.9. The molecule has 1 atom stereocenters. The minimum atomic E-state index is -0.277. The van der Waals surface area contributed by atoms with Crippen LogP contribution in [0.25, 0.3) is 0 Å². The summed E-state index contributed by atoms with van der Waals surface area (Å²) in [6.45, 7) is 5.14. The fourth-order valence-electron chi connectivity index (χ4n) is 2.46. The normalized spacial score (nSPS) is 18.5. The molecule has 2 rings (SSSR count). The molecule has 2 heterocycles. The van der Waals surface area contributed by atoms with E-state index in [0.29, 0.717) is 17.5 Å². The molecule has 7 heteroatoms. The highest BCUT2D eigenvalue weighted by molar-refractivity contribution is 7.12. The number of piperidine rings is 1. The Morgan fingerprint density at radius 3 is 2.95 bits per heavy atom.